The van der Waals surface area contributed by atoms with Gasteiger partial charge in [0.2, 0.25) is 0 Å². The fourth-order valence-corrected chi connectivity index (χ4v) is 4.26. The van der Waals surface area contributed by atoms with Gasteiger partial charge in [0.15, 0.2) is 5.13 Å². The molecule has 6 nitrogen and oxygen atoms in total. The summed E-state index contributed by atoms with van der Waals surface area (Å²) in [5.74, 6) is 1.06. The molecule has 0 aliphatic heterocycles. The molecule has 0 N–H and O–H groups in total. The molecule has 0 saturated carbocycles. The molecule has 168 valence electrons. The van der Waals surface area contributed by atoms with Crippen LogP contribution in [0.4, 0.5) is 5.13 Å². The number of anilines is 1. The lowest BCUT2D eigenvalue weighted by Gasteiger charge is -2.21. The molecule has 0 aliphatic carbocycles. The maximum Gasteiger partial charge on any atom is 0.260 e. The summed E-state index contributed by atoms with van der Waals surface area (Å²) in [4.78, 5) is 22.2. The number of aromatic nitrogens is 1. The first-order valence-corrected chi connectivity index (χ1v) is 10.9. The van der Waals surface area contributed by atoms with Gasteiger partial charge in [0.1, 0.15) is 11.5 Å². The number of aryl methyl sites for hydroxylation is 1. The summed E-state index contributed by atoms with van der Waals surface area (Å²) >= 11 is 1.55. The number of carbonyl (C=O) groups excluding carboxylic acids is 1. The van der Waals surface area contributed by atoms with Crippen LogP contribution < -0.4 is 14.4 Å². The van der Waals surface area contributed by atoms with Gasteiger partial charge in [-0.3, -0.25) is 9.69 Å². The minimum atomic E-state index is -0.110. The van der Waals surface area contributed by atoms with Crippen LogP contribution in [-0.2, 0) is 6.42 Å². The summed E-state index contributed by atoms with van der Waals surface area (Å²) in [6, 6.07) is 11.5. The number of ether oxygens (including phenoxy) is 2. The summed E-state index contributed by atoms with van der Waals surface area (Å²) in [7, 11) is 7.22. The average Bonchev–Trinajstić information content (AvgIpc) is 3.18. The molecule has 8 heteroatoms. The van der Waals surface area contributed by atoms with Gasteiger partial charge in [-0.25, -0.2) is 4.98 Å². The maximum absolute atomic E-state index is 13.5. The molecule has 1 aromatic heterocycles. The lowest BCUT2D eigenvalue weighted by Crippen LogP contribution is -2.33. The number of benzene rings is 2. The third kappa shape index (κ3) is 6.09. The maximum atomic E-state index is 13.5. The van der Waals surface area contributed by atoms with Crippen molar-refractivity contribution in [3.05, 3.63) is 47.5 Å². The van der Waals surface area contributed by atoms with E-state index in [4.69, 9.17) is 14.5 Å². The molecule has 0 unspecified atom stereocenters. The van der Waals surface area contributed by atoms with E-state index in [2.05, 4.69) is 24.0 Å². The molecule has 0 aliphatic rings. The van der Waals surface area contributed by atoms with Crippen molar-refractivity contribution < 1.29 is 14.3 Å². The van der Waals surface area contributed by atoms with Crippen molar-refractivity contribution in [2.75, 3.05) is 46.3 Å². The molecule has 3 rings (SSSR count). The van der Waals surface area contributed by atoms with Crippen LogP contribution in [0.25, 0.3) is 10.2 Å². The molecule has 0 radical (unpaired) electrons. The van der Waals surface area contributed by atoms with Crippen LogP contribution in [-0.4, -0.2) is 57.2 Å². The van der Waals surface area contributed by atoms with Gasteiger partial charge in [0.25, 0.3) is 5.91 Å². The third-order valence-corrected chi connectivity index (χ3v) is 5.95. The minimum absolute atomic E-state index is 0. The van der Waals surface area contributed by atoms with Crippen molar-refractivity contribution in [2.45, 2.75) is 19.8 Å². The Hall–Kier alpha value is -2.35. The lowest BCUT2D eigenvalue weighted by molar-refractivity contribution is 0.0985. The monoisotopic (exact) mass is 463 g/mol. The Bertz CT molecular complexity index is 1000. The number of nitrogens with zero attached hydrogens (tertiary/aromatic N) is 3. The number of carbonyl (C=O) groups is 1. The van der Waals surface area contributed by atoms with Gasteiger partial charge in [-0.2, -0.15) is 0 Å². The van der Waals surface area contributed by atoms with Gasteiger partial charge in [-0.05, 0) is 63.3 Å². The van der Waals surface area contributed by atoms with E-state index in [1.54, 1.807) is 48.7 Å². The number of thiazole rings is 1. The van der Waals surface area contributed by atoms with Gasteiger partial charge in [0.05, 0.1) is 24.4 Å². The Morgan fingerprint density at radius 1 is 1.03 bits per heavy atom. The van der Waals surface area contributed by atoms with Crippen molar-refractivity contribution in [1.29, 1.82) is 0 Å². The van der Waals surface area contributed by atoms with Crippen LogP contribution in [0.1, 0.15) is 29.3 Å². The number of hydrogen-bond acceptors (Lipinski definition) is 6. The van der Waals surface area contributed by atoms with Crippen LogP contribution in [0.15, 0.2) is 36.4 Å². The van der Waals surface area contributed by atoms with E-state index in [1.807, 2.05) is 20.2 Å². The number of amides is 1. The van der Waals surface area contributed by atoms with E-state index < -0.39 is 0 Å². The summed E-state index contributed by atoms with van der Waals surface area (Å²) in [5.41, 5.74) is 2.70. The van der Waals surface area contributed by atoms with E-state index in [0.717, 1.165) is 29.6 Å². The molecule has 0 saturated heterocycles. The van der Waals surface area contributed by atoms with Gasteiger partial charge >= 0.3 is 0 Å². The van der Waals surface area contributed by atoms with Gasteiger partial charge < -0.3 is 14.4 Å². The highest BCUT2D eigenvalue weighted by Crippen LogP contribution is 2.32. The van der Waals surface area contributed by atoms with E-state index in [1.165, 1.54) is 5.56 Å². The first kappa shape index (κ1) is 24.9. The normalized spacial score (nSPS) is 10.8. The van der Waals surface area contributed by atoms with E-state index in [9.17, 15) is 4.79 Å². The molecule has 2 aromatic carbocycles. The van der Waals surface area contributed by atoms with Gasteiger partial charge in [-0.1, -0.05) is 24.3 Å². The number of hydrogen-bond donors (Lipinski definition) is 0. The zero-order valence-corrected chi connectivity index (χ0v) is 20.3. The fourth-order valence-electron chi connectivity index (χ4n) is 3.21. The van der Waals surface area contributed by atoms with Crippen LogP contribution in [0.2, 0.25) is 0 Å². The number of fused-ring (bicyclic) bond motifs is 1. The van der Waals surface area contributed by atoms with Crippen molar-refractivity contribution in [3.8, 4) is 11.5 Å². The van der Waals surface area contributed by atoms with Crippen LogP contribution in [0.5, 0.6) is 11.5 Å². The van der Waals surface area contributed by atoms with E-state index in [0.29, 0.717) is 28.7 Å². The zero-order chi connectivity index (χ0) is 21.7. The highest BCUT2D eigenvalue weighted by molar-refractivity contribution is 7.22. The SMILES string of the molecule is CCc1ccc2nc(N(CCCN(C)C)C(=O)c3cc(OC)cc(OC)c3)sc2c1.Cl. The highest BCUT2D eigenvalue weighted by atomic mass is 35.5. The smallest absolute Gasteiger partial charge is 0.260 e. The summed E-state index contributed by atoms with van der Waals surface area (Å²) < 4.78 is 11.8. The second kappa shape index (κ2) is 11.3. The van der Waals surface area contributed by atoms with Crippen LogP contribution in [0, 0.1) is 0 Å². The Balaban J connectivity index is 0.00000341. The number of rotatable bonds is 9. The minimum Gasteiger partial charge on any atom is -0.497 e. The zero-order valence-electron chi connectivity index (χ0n) is 18.7. The second-order valence-corrected chi connectivity index (χ2v) is 8.38. The Morgan fingerprint density at radius 3 is 2.29 bits per heavy atom. The fraction of sp³-hybridized carbons (Fsp3) is 0.391. The van der Waals surface area contributed by atoms with Crippen molar-refractivity contribution in [2.24, 2.45) is 0 Å². The van der Waals surface area contributed by atoms with E-state index >= 15 is 0 Å². The first-order valence-electron chi connectivity index (χ1n) is 10.0. The molecule has 1 heterocycles. The van der Waals surface area contributed by atoms with Gasteiger partial charge in [0, 0.05) is 18.2 Å². The van der Waals surface area contributed by atoms with E-state index in [-0.39, 0.29) is 18.3 Å². The predicted octanol–water partition coefficient (Wildman–Crippen LogP) is 4.90. The average molecular weight is 464 g/mol. The molecular weight excluding hydrogens is 434 g/mol. The molecular formula is C23H30ClN3O3S. The molecule has 0 fully saturated rings. The van der Waals surface area contributed by atoms with Crippen LogP contribution >= 0.6 is 23.7 Å². The Morgan fingerprint density at radius 2 is 1.71 bits per heavy atom. The number of halogens is 1. The molecule has 0 atom stereocenters. The standard InChI is InChI=1S/C23H29N3O3S.ClH/c1-6-16-8-9-20-21(12-16)30-23(24-20)26(11-7-10-25(2)3)22(27)17-13-18(28-4)15-19(14-17)29-5;/h8-9,12-15H,6-7,10-11H2,1-5H3;1H. The summed E-state index contributed by atoms with van der Waals surface area (Å²) in [5, 5.41) is 0.712. The largest absolute Gasteiger partial charge is 0.497 e. The van der Waals surface area contributed by atoms with Crippen molar-refractivity contribution >= 4 is 45.0 Å². The molecule has 0 bridgehead atoms. The van der Waals surface area contributed by atoms with Crippen molar-refractivity contribution in [3.63, 3.8) is 0 Å². The first-order chi connectivity index (χ1) is 14.4. The predicted molar refractivity (Wildman–Crippen MR) is 131 cm³/mol. The number of methoxy groups -OCH3 is 2. The van der Waals surface area contributed by atoms with Crippen molar-refractivity contribution in [1.82, 2.24) is 9.88 Å². The molecule has 1 amide bonds. The lowest BCUT2D eigenvalue weighted by atomic mass is 10.1. The molecule has 0 spiro atoms. The second-order valence-electron chi connectivity index (χ2n) is 7.37. The Kier molecular flexibility index (Phi) is 9.10. The summed E-state index contributed by atoms with van der Waals surface area (Å²) in [6.45, 7) is 3.60. The molecule has 31 heavy (non-hydrogen) atoms. The van der Waals surface area contributed by atoms with Crippen LogP contribution in [0.3, 0.4) is 0 Å². The van der Waals surface area contributed by atoms with Gasteiger partial charge in [-0.15, -0.1) is 12.4 Å². The third-order valence-electron chi connectivity index (χ3n) is 4.91. The quantitative estimate of drug-likeness (QED) is 0.452. The topological polar surface area (TPSA) is 54.9 Å². The Labute approximate surface area is 194 Å². The highest BCUT2D eigenvalue weighted by Gasteiger charge is 2.22. The molecule has 3 aromatic rings. The summed E-state index contributed by atoms with van der Waals surface area (Å²) in [6.07, 6.45) is 1.81.